The minimum absolute atomic E-state index is 0.270. The Labute approximate surface area is 192 Å². The summed E-state index contributed by atoms with van der Waals surface area (Å²) in [4.78, 5) is 13.9. The van der Waals surface area contributed by atoms with Crippen LogP contribution in [0.5, 0.6) is 5.75 Å². The van der Waals surface area contributed by atoms with Gasteiger partial charge >= 0.3 is 6.36 Å². The highest BCUT2D eigenvalue weighted by atomic mass is 19.4. The van der Waals surface area contributed by atoms with Gasteiger partial charge in [-0.3, -0.25) is 4.90 Å². The lowest BCUT2D eigenvalue weighted by atomic mass is 10.1. The van der Waals surface area contributed by atoms with Crippen molar-refractivity contribution in [3.63, 3.8) is 0 Å². The van der Waals surface area contributed by atoms with E-state index in [2.05, 4.69) is 42.2 Å². The molecule has 10 heteroatoms. The van der Waals surface area contributed by atoms with E-state index in [0.717, 1.165) is 52.1 Å². The van der Waals surface area contributed by atoms with Crippen molar-refractivity contribution >= 4 is 11.8 Å². The Morgan fingerprint density at radius 3 is 2.55 bits per heavy atom. The van der Waals surface area contributed by atoms with Crippen LogP contribution in [0.25, 0.3) is 11.3 Å². The summed E-state index contributed by atoms with van der Waals surface area (Å²) in [6, 6.07) is 7.98. The molecule has 1 aromatic carbocycles. The summed E-state index contributed by atoms with van der Waals surface area (Å²) in [7, 11) is 2.13. The molecule has 4 rings (SSSR count). The molecule has 1 saturated carbocycles. The third-order valence-electron chi connectivity index (χ3n) is 6.11. The van der Waals surface area contributed by atoms with E-state index in [4.69, 9.17) is 0 Å². The van der Waals surface area contributed by atoms with Crippen LogP contribution in [0.15, 0.2) is 30.3 Å². The Morgan fingerprint density at radius 2 is 1.82 bits per heavy atom. The first-order valence-electron chi connectivity index (χ1n) is 11.5. The number of piperazine rings is 1. The van der Waals surface area contributed by atoms with E-state index in [1.165, 1.54) is 31.0 Å². The summed E-state index contributed by atoms with van der Waals surface area (Å²) in [5.74, 6) is 0.869. The highest BCUT2D eigenvalue weighted by Gasteiger charge is 2.31. The second kappa shape index (κ2) is 10.6. The molecular weight excluding hydrogens is 433 g/mol. The number of hydrogen-bond acceptors (Lipinski definition) is 7. The maximum atomic E-state index is 12.7. The van der Waals surface area contributed by atoms with E-state index >= 15 is 0 Å². The monoisotopic (exact) mass is 464 g/mol. The number of halogens is 3. The van der Waals surface area contributed by atoms with Crippen LogP contribution in [0.1, 0.15) is 25.7 Å². The average Bonchev–Trinajstić information content (AvgIpc) is 3.27. The quantitative estimate of drug-likeness (QED) is 0.611. The number of alkyl halides is 3. The third kappa shape index (κ3) is 7.20. The van der Waals surface area contributed by atoms with Gasteiger partial charge in [0.15, 0.2) is 0 Å². The molecule has 1 aliphatic carbocycles. The van der Waals surface area contributed by atoms with Gasteiger partial charge in [-0.2, -0.15) is 4.98 Å². The highest BCUT2D eigenvalue weighted by Crippen LogP contribution is 2.29. The summed E-state index contributed by atoms with van der Waals surface area (Å²) in [5.41, 5.74) is 1.08. The fraction of sp³-hybridized carbons (Fsp3) is 0.565. The molecule has 180 valence electrons. The van der Waals surface area contributed by atoms with E-state index < -0.39 is 6.36 Å². The van der Waals surface area contributed by atoms with Gasteiger partial charge in [0.25, 0.3) is 0 Å². The largest absolute Gasteiger partial charge is 0.573 e. The summed E-state index contributed by atoms with van der Waals surface area (Å²) in [5, 5.41) is 6.77. The number of aromatic nitrogens is 2. The Balaban J connectivity index is 1.50. The molecule has 2 aliphatic rings. The lowest BCUT2D eigenvalue weighted by Crippen LogP contribution is -2.45. The SMILES string of the molecule is CN1CCN(CCNc2cc(-c3cccc(OC(F)(F)F)c3)nc(NC3CCCC3)n2)CC1. The van der Waals surface area contributed by atoms with Crippen LogP contribution >= 0.6 is 0 Å². The van der Waals surface area contributed by atoms with Gasteiger partial charge in [-0.05, 0) is 32.0 Å². The molecule has 33 heavy (non-hydrogen) atoms. The zero-order valence-electron chi connectivity index (χ0n) is 18.9. The maximum absolute atomic E-state index is 12.7. The molecule has 0 spiro atoms. The Hall–Kier alpha value is -2.59. The summed E-state index contributed by atoms with van der Waals surface area (Å²) in [6.45, 7) is 5.81. The summed E-state index contributed by atoms with van der Waals surface area (Å²) < 4.78 is 42.1. The maximum Gasteiger partial charge on any atom is 0.573 e. The van der Waals surface area contributed by atoms with Crippen LogP contribution in [-0.4, -0.2) is 78.5 Å². The van der Waals surface area contributed by atoms with Gasteiger partial charge in [-0.25, -0.2) is 4.98 Å². The van der Waals surface area contributed by atoms with Gasteiger partial charge in [0.1, 0.15) is 11.6 Å². The molecule has 0 radical (unpaired) electrons. The lowest BCUT2D eigenvalue weighted by molar-refractivity contribution is -0.274. The van der Waals surface area contributed by atoms with Gasteiger partial charge in [-0.1, -0.05) is 25.0 Å². The predicted octanol–water partition coefficient (Wildman–Crippen LogP) is 4.06. The van der Waals surface area contributed by atoms with Crippen LogP contribution in [0.4, 0.5) is 24.9 Å². The molecule has 0 atom stereocenters. The van der Waals surface area contributed by atoms with Crippen LogP contribution in [0, 0.1) is 0 Å². The minimum atomic E-state index is -4.74. The zero-order chi connectivity index (χ0) is 23.3. The normalized spacial score (nSPS) is 18.4. The summed E-state index contributed by atoms with van der Waals surface area (Å²) >= 11 is 0. The van der Waals surface area contributed by atoms with Crippen LogP contribution < -0.4 is 15.4 Å². The standard InChI is InChI=1S/C23H31F3N6O/c1-31-11-13-32(14-12-31)10-9-27-21-16-20(29-22(30-21)28-18-6-2-3-7-18)17-5-4-8-19(15-17)33-23(24,25)26/h4-5,8,15-16,18H,2-3,6-7,9-14H2,1H3,(H2,27,28,29,30). The Kier molecular flexibility index (Phi) is 7.54. The fourth-order valence-corrected chi connectivity index (χ4v) is 4.27. The molecule has 1 saturated heterocycles. The third-order valence-corrected chi connectivity index (χ3v) is 6.11. The van der Waals surface area contributed by atoms with Crippen LogP contribution in [-0.2, 0) is 0 Å². The van der Waals surface area contributed by atoms with E-state index in [-0.39, 0.29) is 5.75 Å². The first-order chi connectivity index (χ1) is 15.8. The van der Waals surface area contributed by atoms with Crippen molar-refractivity contribution in [1.29, 1.82) is 0 Å². The number of rotatable bonds is 8. The molecule has 2 fully saturated rings. The highest BCUT2D eigenvalue weighted by molar-refractivity contribution is 5.66. The van der Waals surface area contributed by atoms with Crippen molar-refractivity contribution in [2.45, 2.75) is 38.1 Å². The van der Waals surface area contributed by atoms with Crippen molar-refractivity contribution in [3.05, 3.63) is 30.3 Å². The van der Waals surface area contributed by atoms with Crippen molar-refractivity contribution < 1.29 is 17.9 Å². The predicted molar refractivity (Wildman–Crippen MR) is 122 cm³/mol. The molecule has 2 heterocycles. The lowest BCUT2D eigenvalue weighted by Gasteiger charge is -2.32. The molecular formula is C23H31F3N6O. The fourth-order valence-electron chi connectivity index (χ4n) is 4.27. The molecule has 7 nitrogen and oxygen atoms in total. The van der Waals surface area contributed by atoms with E-state index in [0.29, 0.717) is 29.1 Å². The smallest absolute Gasteiger partial charge is 0.406 e. The van der Waals surface area contributed by atoms with E-state index in [9.17, 15) is 13.2 Å². The van der Waals surface area contributed by atoms with Crippen molar-refractivity contribution in [2.24, 2.45) is 0 Å². The molecule has 0 bridgehead atoms. The average molecular weight is 465 g/mol. The molecule has 0 amide bonds. The number of ether oxygens (including phenoxy) is 1. The van der Waals surface area contributed by atoms with E-state index in [1.807, 2.05) is 0 Å². The number of anilines is 2. The van der Waals surface area contributed by atoms with Crippen LogP contribution in [0.3, 0.4) is 0 Å². The molecule has 0 unspecified atom stereocenters. The summed E-state index contributed by atoms with van der Waals surface area (Å²) in [6.07, 6.45) is -0.270. The molecule has 1 aromatic heterocycles. The first kappa shape index (κ1) is 23.6. The Bertz CT molecular complexity index is 911. The van der Waals surface area contributed by atoms with Crippen molar-refractivity contribution in [2.75, 3.05) is 56.9 Å². The second-order valence-electron chi connectivity index (χ2n) is 8.74. The number of nitrogens with zero attached hydrogens (tertiary/aromatic N) is 4. The van der Waals surface area contributed by atoms with Crippen molar-refractivity contribution in [1.82, 2.24) is 19.8 Å². The van der Waals surface area contributed by atoms with Gasteiger partial charge in [0.05, 0.1) is 5.69 Å². The second-order valence-corrected chi connectivity index (χ2v) is 8.74. The zero-order valence-corrected chi connectivity index (χ0v) is 18.9. The van der Waals surface area contributed by atoms with Crippen LogP contribution in [0.2, 0.25) is 0 Å². The van der Waals surface area contributed by atoms with Gasteiger partial charge in [0.2, 0.25) is 5.95 Å². The number of hydrogen-bond donors (Lipinski definition) is 2. The number of likely N-dealkylation sites (N-methyl/N-ethyl adjacent to an activating group) is 1. The number of benzene rings is 1. The Morgan fingerprint density at radius 1 is 1.06 bits per heavy atom. The number of nitrogens with one attached hydrogen (secondary N) is 2. The minimum Gasteiger partial charge on any atom is -0.406 e. The van der Waals surface area contributed by atoms with Gasteiger partial charge < -0.3 is 20.3 Å². The topological polar surface area (TPSA) is 65.5 Å². The first-order valence-corrected chi connectivity index (χ1v) is 11.5. The van der Waals surface area contributed by atoms with E-state index in [1.54, 1.807) is 12.1 Å². The van der Waals surface area contributed by atoms with Crippen molar-refractivity contribution in [3.8, 4) is 17.0 Å². The molecule has 2 aromatic rings. The molecule has 1 aliphatic heterocycles. The molecule has 2 N–H and O–H groups in total. The van der Waals surface area contributed by atoms with Gasteiger partial charge in [-0.15, -0.1) is 13.2 Å². The van der Waals surface area contributed by atoms with Gasteiger partial charge in [0, 0.05) is 56.9 Å².